The van der Waals surface area contributed by atoms with Crippen LogP contribution in [0.25, 0.3) is 33.6 Å². The van der Waals surface area contributed by atoms with Gasteiger partial charge in [-0.1, -0.05) is 65.7 Å². The van der Waals surface area contributed by atoms with Gasteiger partial charge >= 0.3 is 0 Å². The number of amides is 1. The van der Waals surface area contributed by atoms with Crippen LogP contribution in [0.15, 0.2) is 73.2 Å². The van der Waals surface area contributed by atoms with Gasteiger partial charge in [-0.3, -0.25) is 19.7 Å². The molecule has 49 heavy (non-hydrogen) atoms. The number of hydrogen-bond donors (Lipinski definition) is 3. The Morgan fingerprint density at radius 1 is 0.776 bits per heavy atom. The lowest BCUT2D eigenvalue weighted by Crippen LogP contribution is -2.35. The lowest BCUT2D eigenvalue weighted by atomic mass is 9.98. The van der Waals surface area contributed by atoms with Gasteiger partial charge in [0, 0.05) is 79.2 Å². The highest BCUT2D eigenvalue weighted by Crippen LogP contribution is 2.42. The van der Waals surface area contributed by atoms with Crippen LogP contribution in [-0.2, 0) is 24.3 Å². The van der Waals surface area contributed by atoms with Crippen LogP contribution in [0.2, 0.25) is 10.0 Å². The molecule has 0 saturated carbocycles. The number of pyridine rings is 1. The van der Waals surface area contributed by atoms with Crippen LogP contribution < -0.4 is 25.4 Å². The van der Waals surface area contributed by atoms with Gasteiger partial charge in [0.2, 0.25) is 17.7 Å². The maximum atomic E-state index is 11.5. The zero-order chi connectivity index (χ0) is 34.2. The Kier molecular flexibility index (Phi) is 11.3. The summed E-state index contributed by atoms with van der Waals surface area (Å²) in [6, 6.07) is 17.4. The van der Waals surface area contributed by atoms with E-state index < -0.39 is 0 Å². The van der Waals surface area contributed by atoms with Crippen LogP contribution in [0.5, 0.6) is 11.8 Å². The van der Waals surface area contributed by atoms with Crippen LogP contribution in [0.1, 0.15) is 29.9 Å². The highest BCUT2D eigenvalue weighted by molar-refractivity contribution is 6.39. The highest BCUT2D eigenvalue weighted by atomic mass is 35.5. The molecule has 1 fully saturated rings. The molecule has 1 aliphatic rings. The van der Waals surface area contributed by atoms with Crippen molar-refractivity contribution in [1.82, 2.24) is 40.9 Å². The molecule has 2 aromatic carbocycles. The van der Waals surface area contributed by atoms with Gasteiger partial charge in [0.25, 0.3) is 0 Å². The van der Waals surface area contributed by atoms with Gasteiger partial charge in [0.05, 0.1) is 48.0 Å². The molecule has 0 aliphatic carbocycles. The fraction of sp³-hybridized carbons (Fsp3) is 0.278. The van der Waals surface area contributed by atoms with E-state index in [0.717, 1.165) is 36.2 Å². The number of halogens is 2. The summed E-state index contributed by atoms with van der Waals surface area (Å²) in [5, 5.41) is 10.6. The topological polar surface area (TPSA) is 136 Å². The second-order valence-electron chi connectivity index (χ2n) is 11.4. The molecule has 13 heteroatoms. The summed E-state index contributed by atoms with van der Waals surface area (Å²) >= 11 is 14.1. The molecular weight excluding hydrogens is 663 g/mol. The molecule has 1 aliphatic heterocycles. The molecule has 3 N–H and O–H groups in total. The minimum atomic E-state index is 0.0839. The second-order valence-corrected chi connectivity index (χ2v) is 12.2. The summed E-state index contributed by atoms with van der Waals surface area (Å²) in [5.74, 6) is 0.891. The van der Waals surface area contributed by atoms with E-state index >= 15 is 0 Å². The van der Waals surface area contributed by atoms with Crippen LogP contribution >= 0.6 is 23.2 Å². The predicted octanol–water partition coefficient (Wildman–Crippen LogP) is 5.69. The molecular formula is C36H36Cl2N8O3. The van der Waals surface area contributed by atoms with Crippen molar-refractivity contribution in [1.29, 1.82) is 0 Å². The standard InChI is InChI=1S/C36H36Cl2N8O3/c1-48-35-30(18-39-16-14-22-7-3-4-15-41-22)42-20-28(45-35)26-10-5-8-24(33(26)37)25-9-6-11-27(34(25)38)29-21-43-31(36(46-29)49-2)19-40-17-23-12-13-32(47)44-23/h3-11,15,20-21,23,39-40H,12-14,16-19H2,1-2H3,(H,44,47)/t23-/m0/s1. The lowest BCUT2D eigenvalue weighted by Gasteiger charge is -2.15. The number of nitrogens with one attached hydrogen (secondary N) is 3. The summed E-state index contributed by atoms with van der Waals surface area (Å²) in [6.07, 6.45) is 7.34. The molecule has 1 atom stereocenters. The summed E-state index contributed by atoms with van der Waals surface area (Å²) in [5.41, 5.74) is 6.32. The molecule has 11 nitrogen and oxygen atoms in total. The van der Waals surface area contributed by atoms with Gasteiger partial charge in [-0.25, -0.2) is 9.97 Å². The van der Waals surface area contributed by atoms with E-state index in [1.165, 1.54) is 0 Å². The van der Waals surface area contributed by atoms with Gasteiger partial charge in [-0.15, -0.1) is 0 Å². The first-order chi connectivity index (χ1) is 23.9. The Labute approximate surface area is 294 Å². The molecule has 0 bridgehead atoms. The van der Waals surface area contributed by atoms with Crippen molar-refractivity contribution in [3.05, 3.63) is 100 Å². The molecule has 6 rings (SSSR count). The van der Waals surface area contributed by atoms with Crippen molar-refractivity contribution >= 4 is 29.1 Å². The third kappa shape index (κ3) is 8.14. The molecule has 0 unspecified atom stereocenters. The predicted molar refractivity (Wildman–Crippen MR) is 190 cm³/mol. The Morgan fingerprint density at radius 2 is 1.37 bits per heavy atom. The maximum absolute atomic E-state index is 11.5. The fourth-order valence-corrected chi connectivity index (χ4v) is 6.31. The first-order valence-electron chi connectivity index (χ1n) is 15.9. The molecule has 1 amide bonds. The Bertz CT molecular complexity index is 1930. The van der Waals surface area contributed by atoms with Gasteiger partial charge in [-0.05, 0) is 18.6 Å². The van der Waals surface area contributed by atoms with Crippen molar-refractivity contribution in [3.8, 4) is 45.4 Å². The van der Waals surface area contributed by atoms with Crippen LogP contribution in [-0.4, -0.2) is 64.2 Å². The van der Waals surface area contributed by atoms with Gasteiger partial charge in [0.1, 0.15) is 11.4 Å². The summed E-state index contributed by atoms with van der Waals surface area (Å²) in [4.78, 5) is 34.6. The normalized spacial score (nSPS) is 14.1. The van der Waals surface area contributed by atoms with Gasteiger partial charge in [-0.2, -0.15) is 0 Å². The highest BCUT2D eigenvalue weighted by Gasteiger charge is 2.21. The van der Waals surface area contributed by atoms with Crippen LogP contribution in [0, 0.1) is 0 Å². The lowest BCUT2D eigenvalue weighted by molar-refractivity contribution is -0.119. The molecule has 1 saturated heterocycles. The zero-order valence-electron chi connectivity index (χ0n) is 27.2. The van der Waals surface area contributed by atoms with E-state index in [1.807, 2.05) is 54.6 Å². The smallest absolute Gasteiger partial charge is 0.237 e. The fourth-order valence-electron chi connectivity index (χ4n) is 5.66. The summed E-state index contributed by atoms with van der Waals surface area (Å²) < 4.78 is 11.2. The third-order valence-corrected chi connectivity index (χ3v) is 9.01. The minimum absolute atomic E-state index is 0.0839. The van der Waals surface area contributed by atoms with E-state index in [4.69, 9.17) is 42.6 Å². The van der Waals surface area contributed by atoms with Crippen molar-refractivity contribution in [2.24, 2.45) is 0 Å². The van der Waals surface area contributed by atoms with E-state index in [-0.39, 0.29) is 11.9 Å². The van der Waals surface area contributed by atoms with E-state index in [1.54, 1.807) is 32.8 Å². The average Bonchev–Trinajstić information content (AvgIpc) is 3.55. The van der Waals surface area contributed by atoms with Crippen molar-refractivity contribution in [2.45, 2.75) is 38.4 Å². The van der Waals surface area contributed by atoms with E-state index in [0.29, 0.717) is 81.8 Å². The SMILES string of the molecule is COc1nc(-c2cccc(-c3cccc(-c4cnc(CNC[C@@H]5CCC(=O)N5)c(OC)n4)c3Cl)c2Cl)cnc1CNCCc1ccccn1. The average molecular weight is 700 g/mol. The third-order valence-electron chi connectivity index (χ3n) is 8.19. The number of benzene rings is 2. The van der Waals surface area contributed by atoms with Crippen molar-refractivity contribution in [3.63, 3.8) is 0 Å². The molecule has 4 heterocycles. The Morgan fingerprint density at radius 3 is 1.90 bits per heavy atom. The number of hydrogen-bond acceptors (Lipinski definition) is 10. The number of carbonyl (C=O) groups excluding carboxylic acids is 1. The minimum Gasteiger partial charge on any atom is -0.480 e. The first-order valence-corrected chi connectivity index (χ1v) is 16.7. The molecule has 0 radical (unpaired) electrons. The quantitative estimate of drug-likeness (QED) is 0.124. The van der Waals surface area contributed by atoms with Gasteiger partial charge in [0.15, 0.2) is 0 Å². The number of carbonyl (C=O) groups is 1. The number of nitrogens with zero attached hydrogens (tertiary/aromatic N) is 5. The van der Waals surface area contributed by atoms with E-state index in [9.17, 15) is 4.79 Å². The van der Waals surface area contributed by atoms with Crippen LogP contribution in [0.3, 0.4) is 0 Å². The van der Waals surface area contributed by atoms with E-state index in [2.05, 4.69) is 30.9 Å². The van der Waals surface area contributed by atoms with Crippen molar-refractivity contribution < 1.29 is 14.3 Å². The van der Waals surface area contributed by atoms with Crippen molar-refractivity contribution in [2.75, 3.05) is 27.3 Å². The Hall–Kier alpha value is -4.68. The van der Waals surface area contributed by atoms with Gasteiger partial charge < -0.3 is 25.4 Å². The molecule has 252 valence electrons. The second kappa shape index (κ2) is 16.1. The maximum Gasteiger partial charge on any atom is 0.237 e. The number of ether oxygens (including phenoxy) is 2. The molecule has 0 spiro atoms. The van der Waals surface area contributed by atoms with Crippen LogP contribution in [0.4, 0.5) is 0 Å². The Balaban J connectivity index is 1.19. The molecule has 3 aromatic heterocycles. The zero-order valence-corrected chi connectivity index (χ0v) is 28.7. The summed E-state index contributed by atoms with van der Waals surface area (Å²) in [7, 11) is 3.13. The largest absolute Gasteiger partial charge is 0.480 e. The number of methoxy groups -OCH3 is 2. The number of aromatic nitrogens is 5. The first kappa shape index (κ1) is 34.2. The number of rotatable bonds is 14. The monoisotopic (exact) mass is 698 g/mol. The molecule has 5 aromatic rings. The summed E-state index contributed by atoms with van der Waals surface area (Å²) in [6.45, 7) is 2.30.